The van der Waals surface area contributed by atoms with E-state index in [1.807, 2.05) is 0 Å². The molecule has 1 saturated heterocycles. The van der Waals surface area contributed by atoms with Gasteiger partial charge < -0.3 is 16.0 Å². The molecule has 1 heterocycles. The number of likely N-dealkylation sites (tertiary alicyclic amines) is 1. The fraction of sp³-hybridized carbons (Fsp3) is 0.429. The summed E-state index contributed by atoms with van der Waals surface area (Å²) >= 11 is 0. The Morgan fingerprint density at radius 1 is 1.32 bits per heavy atom. The molecule has 3 N–H and O–H groups in total. The third-order valence-corrected chi connectivity index (χ3v) is 3.57. The lowest BCUT2D eigenvalue weighted by atomic mass is 10.1. The first-order valence-electron chi connectivity index (χ1n) is 7.09. The number of hydrogen-bond acceptors (Lipinski definition) is 5. The number of nitrogens with zero attached hydrogens (tertiary/aromatic N) is 2. The van der Waals surface area contributed by atoms with Crippen molar-refractivity contribution >= 4 is 23.2 Å². The predicted octanol–water partition coefficient (Wildman–Crippen LogP) is 0.919. The molecule has 1 aliphatic rings. The summed E-state index contributed by atoms with van der Waals surface area (Å²) in [5.74, 6) is -0.446. The van der Waals surface area contributed by atoms with Gasteiger partial charge in [-0.15, -0.1) is 0 Å². The topological polar surface area (TPSA) is 119 Å². The summed E-state index contributed by atoms with van der Waals surface area (Å²) in [6.07, 6.45) is 2.27. The molecule has 1 fully saturated rings. The van der Waals surface area contributed by atoms with Gasteiger partial charge in [-0.1, -0.05) is 0 Å². The highest BCUT2D eigenvalue weighted by Gasteiger charge is 2.18. The van der Waals surface area contributed by atoms with Crippen LogP contribution in [0.3, 0.4) is 0 Å². The first-order chi connectivity index (χ1) is 10.5. The van der Waals surface area contributed by atoms with Gasteiger partial charge in [0.25, 0.3) is 11.6 Å². The number of carbonyl (C=O) groups excluding carboxylic acids is 2. The summed E-state index contributed by atoms with van der Waals surface area (Å²) in [6.45, 7) is 1.75. The number of hydrogen-bond donors (Lipinski definition) is 2. The van der Waals surface area contributed by atoms with Crippen molar-refractivity contribution in [1.82, 2.24) is 10.2 Å². The lowest BCUT2D eigenvalue weighted by Crippen LogP contribution is -2.32. The Morgan fingerprint density at radius 3 is 2.64 bits per heavy atom. The fourth-order valence-corrected chi connectivity index (χ4v) is 2.35. The van der Waals surface area contributed by atoms with Crippen molar-refractivity contribution in [2.24, 2.45) is 0 Å². The zero-order chi connectivity index (χ0) is 16.1. The maximum absolute atomic E-state index is 11.9. The van der Waals surface area contributed by atoms with Gasteiger partial charge in [0.15, 0.2) is 0 Å². The van der Waals surface area contributed by atoms with Crippen LogP contribution in [0, 0.1) is 10.1 Å². The third-order valence-electron chi connectivity index (χ3n) is 3.57. The molecule has 8 nitrogen and oxygen atoms in total. The highest BCUT2D eigenvalue weighted by atomic mass is 16.6. The van der Waals surface area contributed by atoms with E-state index in [2.05, 4.69) is 5.32 Å². The normalized spacial score (nSPS) is 13.9. The molecule has 0 radical (unpaired) electrons. The highest BCUT2D eigenvalue weighted by molar-refractivity contribution is 5.95. The first-order valence-corrected chi connectivity index (χ1v) is 7.09. The first kappa shape index (κ1) is 15.7. The lowest BCUT2D eigenvalue weighted by molar-refractivity contribution is -0.383. The predicted molar refractivity (Wildman–Crippen MR) is 80.3 cm³/mol. The minimum absolute atomic E-state index is 0.00533. The van der Waals surface area contributed by atoms with Crippen LogP contribution in [0.2, 0.25) is 0 Å². The van der Waals surface area contributed by atoms with E-state index in [-0.39, 0.29) is 35.8 Å². The smallest absolute Gasteiger partial charge is 0.292 e. The summed E-state index contributed by atoms with van der Waals surface area (Å²) in [7, 11) is 0. The van der Waals surface area contributed by atoms with Crippen LogP contribution in [0.25, 0.3) is 0 Å². The van der Waals surface area contributed by atoms with E-state index in [9.17, 15) is 19.7 Å². The Hall–Kier alpha value is -2.64. The molecule has 0 bridgehead atoms. The zero-order valence-corrected chi connectivity index (χ0v) is 12.1. The van der Waals surface area contributed by atoms with Gasteiger partial charge in [-0.05, 0) is 25.0 Å². The van der Waals surface area contributed by atoms with Gasteiger partial charge in [-0.3, -0.25) is 19.7 Å². The van der Waals surface area contributed by atoms with Crippen LogP contribution in [-0.2, 0) is 4.79 Å². The van der Waals surface area contributed by atoms with Crippen LogP contribution in [0.1, 0.15) is 29.6 Å². The van der Waals surface area contributed by atoms with Crippen LogP contribution < -0.4 is 11.1 Å². The van der Waals surface area contributed by atoms with Gasteiger partial charge in [-0.2, -0.15) is 0 Å². The fourth-order valence-electron chi connectivity index (χ4n) is 2.35. The Kier molecular flexibility index (Phi) is 4.92. The standard InChI is InChI=1S/C14H18N4O4/c15-11-4-3-10(9-12(11)18(21)22)14(20)16-6-5-13(19)17-7-1-2-8-17/h3-4,9H,1-2,5-8,15H2,(H,16,20). The van der Waals surface area contributed by atoms with Crippen LogP contribution in [0.5, 0.6) is 0 Å². The minimum atomic E-state index is -0.636. The van der Waals surface area contributed by atoms with Crippen molar-refractivity contribution in [1.29, 1.82) is 0 Å². The molecule has 0 saturated carbocycles. The number of benzene rings is 1. The second-order valence-electron chi connectivity index (χ2n) is 5.12. The van der Waals surface area contributed by atoms with Gasteiger partial charge in [0, 0.05) is 37.7 Å². The van der Waals surface area contributed by atoms with Crippen LogP contribution >= 0.6 is 0 Å². The monoisotopic (exact) mass is 306 g/mol. The SMILES string of the molecule is Nc1ccc(C(=O)NCCC(=O)N2CCCC2)cc1[N+](=O)[O-]. The number of nitrogen functional groups attached to an aromatic ring is 1. The summed E-state index contributed by atoms with van der Waals surface area (Å²) < 4.78 is 0. The van der Waals surface area contributed by atoms with Crippen molar-refractivity contribution in [2.75, 3.05) is 25.4 Å². The van der Waals surface area contributed by atoms with Crippen LogP contribution in [0.15, 0.2) is 18.2 Å². The average Bonchev–Trinajstić information content (AvgIpc) is 3.01. The van der Waals surface area contributed by atoms with E-state index in [1.165, 1.54) is 12.1 Å². The molecule has 2 amide bonds. The molecule has 0 aliphatic carbocycles. The van der Waals surface area contributed by atoms with E-state index < -0.39 is 10.8 Å². The van der Waals surface area contributed by atoms with Crippen molar-refractivity contribution in [3.8, 4) is 0 Å². The molecule has 8 heteroatoms. The molecule has 118 valence electrons. The van der Waals surface area contributed by atoms with Gasteiger partial charge in [-0.25, -0.2) is 0 Å². The van der Waals surface area contributed by atoms with E-state index in [0.29, 0.717) is 0 Å². The van der Waals surface area contributed by atoms with Gasteiger partial charge in [0.1, 0.15) is 5.69 Å². The number of rotatable bonds is 5. The summed E-state index contributed by atoms with van der Waals surface area (Å²) in [5, 5.41) is 13.4. The van der Waals surface area contributed by atoms with Crippen molar-refractivity contribution in [2.45, 2.75) is 19.3 Å². The van der Waals surface area contributed by atoms with E-state index >= 15 is 0 Å². The molecular formula is C14H18N4O4. The molecule has 0 aromatic heterocycles. The quantitative estimate of drug-likeness (QED) is 0.476. The number of nitrogens with one attached hydrogen (secondary N) is 1. The number of nitrogens with two attached hydrogens (primary N) is 1. The average molecular weight is 306 g/mol. The largest absolute Gasteiger partial charge is 0.393 e. The maximum atomic E-state index is 11.9. The maximum Gasteiger partial charge on any atom is 0.292 e. The Labute approximate surface area is 127 Å². The number of nitro groups is 1. The third kappa shape index (κ3) is 3.72. The molecule has 0 spiro atoms. The molecule has 0 unspecified atom stereocenters. The Bertz CT molecular complexity index is 597. The molecule has 22 heavy (non-hydrogen) atoms. The summed E-state index contributed by atoms with van der Waals surface area (Å²) in [5.41, 5.74) is 5.32. The number of carbonyl (C=O) groups is 2. The van der Waals surface area contributed by atoms with Crippen molar-refractivity contribution in [3.63, 3.8) is 0 Å². The second kappa shape index (κ2) is 6.88. The van der Waals surface area contributed by atoms with Crippen molar-refractivity contribution in [3.05, 3.63) is 33.9 Å². The van der Waals surface area contributed by atoms with E-state index in [4.69, 9.17) is 5.73 Å². The van der Waals surface area contributed by atoms with Gasteiger partial charge >= 0.3 is 0 Å². The number of amides is 2. The summed E-state index contributed by atoms with van der Waals surface area (Å²) in [6, 6.07) is 3.87. The summed E-state index contributed by atoms with van der Waals surface area (Å²) in [4.78, 5) is 35.7. The van der Waals surface area contributed by atoms with Gasteiger partial charge in [0.2, 0.25) is 5.91 Å². The van der Waals surface area contributed by atoms with Crippen LogP contribution in [0.4, 0.5) is 11.4 Å². The molecule has 1 aromatic carbocycles. The Morgan fingerprint density at radius 2 is 2.00 bits per heavy atom. The van der Waals surface area contributed by atoms with Crippen molar-refractivity contribution < 1.29 is 14.5 Å². The zero-order valence-electron chi connectivity index (χ0n) is 12.1. The minimum Gasteiger partial charge on any atom is -0.393 e. The number of anilines is 1. The number of nitro benzene ring substituents is 1. The Balaban J connectivity index is 1.88. The molecule has 2 rings (SSSR count). The van der Waals surface area contributed by atoms with Crippen LogP contribution in [-0.4, -0.2) is 41.3 Å². The van der Waals surface area contributed by atoms with Gasteiger partial charge in [0.05, 0.1) is 4.92 Å². The van der Waals surface area contributed by atoms with E-state index in [0.717, 1.165) is 32.0 Å². The molecule has 1 aliphatic heterocycles. The second-order valence-corrected chi connectivity index (χ2v) is 5.12. The molecule has 1 aromatic rings. The molecular weight excluding hydrogens is 288 g/mol. The van der Waals surface area contributed by atoms with E-state index in [1.54, 1.807) is 4.90 Å². The molecule has 0 atom stereocenters. The highest BCUT2D eigenvalue weighted by Crippen LogP contribution is 2.22. The lowest BCUT2D eigenvalue weighted by Gasteiger charge is -2.15.